The van der Waals surface area contributed by atoms with E-state index < -0.39 is 9.84 Å². The van der Waals surface area contributed by atoms with Gasteiger partial charge < -0.3 is 4.42 Å². The van der Waals surface area contributed by atoms with Crippen molar-refractivity contribution in [2.75, 3.05) is 0 Å². The lowest BCUT2D eigenvalue weighted by Crippen LogP contribution is -2.14. The second-order valence-electron chi connectivity index (χ2n) is 5.86. The lowest BCUT2D eigenvalue weighted by atomic mass is 10.2. The molecule has 3 rings (SSSR count). The van der Waals surface area contributed by atoms with Crippen LogP contribution in [0.15, 0.2) is 34.9 Å². The Kier molecular flexibility index (Phi) is 5.67. The predicted octanol–water partition coefficient (Wildman–Crippen LogP) is 2.90. The topological polar surface area (TPSA) is 104 Å². The van der Waals surface area contributed by atoms with E-state index in [0.717, 1.165) is 12.8 Å². The molecule has 0 N–H and O–H groups in total. The number of halogens is 1. The zero-order valence-corrected chi connectivity index (χ0v) is 15.7. The molecular formula is C16H18ClN5O3S. The molecule has 3 aromatic rings. The van der Waals surface area contributed by atoms with E-state index in [-0.39, 0.29) is 11.5 Å². The third kappa shape index (κ3) is 4.67. The van der Waals surface area contributed by atoms with E-state index in [9.17, 15) is 8.42 Å². The molecule has 0 fully saturated rings. The normalized spacial score (nSPS) is 11.8. The molecule has 0 saturated carbocycles. The molecule has 8 nitrogen and oxygen atoms in total. The average molecular weight is 396 g/mol. The number of nitrogens with zero attached hydrogens (tertiary/aromatic N) is 5. The Morgan fingerprint density at radius 1 is 1.27 bits per heavy atom. The summed E-state index contributed by atoms with van der Waals surface area (Å²) in [6.45, 7) is 2.64. The summed E-state index contributed by atoms with van der Waals surface area (Å²) in [5.41, 5.74) is 1.01. The quantitative estimate of drug-likeness (QED) is 0.577. The Morgan fingerprint density at radius 2 is 2.12 bits per heavy atom. The summed E-state index contributed by atoms with van der Waals surface area (Å²) in [6, 6.07) is 7.00. The van der Waals surface area contributed by atoms with Crippen LogP contribution in [0.1, 0.15) is 31.3 Å². The van der Waals surface area contributed by atoms with E-state index in [2.05, 4.69) is 20.5 Å². The van der Waals surface area contributed by atoms with Crippen LogP contribution in [0.5, 0.6) is 0 Å². The maximum atomic E-state index is 12.5. The van der Waals surface area contributed by atoms with E-state index in [1.165, 1.54) is 10.9 Å². The fraction of sp³-hybridized carbons (Fsp3) is 0.375. The van der Waals surface area contributed by atoms with Crippen LogP contribution in [0.25, 0.3) is 11.5 Å². The minimum atomic E-state index is -3.49. The molecular weight excluding hydrogens is 378 g/mol. The summed E-state index contributed by atoms with van der Waals surface area (Å²) in [6.07, 6.45) is 3.19. The number of benzene rings is 1. The zero-order valence-electron chi connectivity index (χ0n) is 14.2. The molecule has 0 amide bonds. The van der Waals surface area contributed by atoms with Crippen molar-refractivity contribution in [3.63, 3.8) is 0 Å². The molecule has 0 atom stereocenters. The first-order valence-corrected chi connectivity index (χ1v) is 10.3. The third-order valence-electron chi connectivity index (χ3n) is 3.67. The van der Waals surface area contributed by atoms with Crippen molar-refractivity contribution in [3.05, 3.63) is 47.1 Å². The minimum absolute atomic E-state index is 0.247. The van der Waals surface area contributed by atoms with Gasteiger partial charge in [-0.25, -0.2) is 18.1 Å². The molecule has 0 saturated heterocycles. The number of oxazole rings is 1. The number of tetrazole rings is 1. The van der Waals surface area contributed by atoms with Gasteiger partial charge in [0.2, 0.25) is 5.89 Å². The molecule has 0 aliphatic heterocycles. The first kappa shape index (κ1) is 18.5. The third-order valence-corrected chi connectivity index (χ3v) is 5.34. The molecule has 0 radical (unpaired) electrons. The molecule has 2 aromatic heterocycles. The second-order valence-corrected chi connectivity index (χ2v) is 8.36. The van der Waals surface area contributed by atoms with Crippen molar-refractivity contribution >= 4 is 21.4 Å². The monoisotopic (exact) mass is 395 g/mol. The molecule has 0 spiro atoms. The number of rotatable bonds is 8. The van der Waals surface area contributed by atoms with Crippen LogP contribution >= 0.6 is 11.6 Å². The highest BCUT2D eigenvalue weighted by Gasteiger charge is 2.20. The Labute approximate surface area is 156 Å². The second kappa shape index (κ2) is 7.96. The summed E-state index contributed by atoms with van der Waals surface area (Å²) in [7, 11) is -3.49. The van der Waals surface area contributed by atoms with Gasteiger partial charge >= 0.3 is 0 Å². The molecule has 26 heavy (non-hydrogen) atoms. The fourth-order valence-electron chi connectivity index (χ4n) is 2.41. The Bertz CT molecular complexity index is 983. The van der Waals surface area contributed by atoms with E-state index in [1.54, 1.807) is 24.3 Å². The van der Waals surface area contributed by atoms with Gasteiger partial charge in [0.15, 0.2) is 15.7 Å². The lowest BCUT2D eigenvalue weighted by molar-refractivity contribution is 0.535. The Hall–Kier alpha value is -2.26. The molecule has 0 aliphatic rings. The van der Waals surface area contributed by atoms with Crippen molar-refractivity contribution in [3.8, 4) is 11.5 Å². The molecule has 138 valence electrons. The van der Waals surface area contributed by atoms with Gasteiger partial charge in [-0.15, -0.1) is 5.10 Å². The van der Waals surface area contributed by atoms with E-state index in [0.29, 0.717) is 34.5 Å². The number of sulfone groups is 1. The van der Waals surface area contributed by atoms with Gasteiger partial charge in [-0.2, -0.15) is 0 Å². The van der Waals surface area contributed by atoms with E-state index >= 15 is 0 Å². The fourth-order valence-corrected chi connectivity index (χ4v) is 3.88. The largest absolute Gasteiger partial charge is 0.444 e. The molecule has 2 heterocycles. The predicted molar refractivity (Wildman–Crippen MR) is 96.0 cm³/mol. The first-order chi connectivity index (χ1) is 12.5. The molecule has 0 bridgehead atoms. The SMILES string of the molecule is CCCCn1nnnc1CS(=O)(=O)Cc1coc(-c2cccc(Cl)c2)n1. The highest BCUT2D eigenvalue weighted by molar-refractivity contribution is 7.89. The summed E-state index contributed by atoms with van der Waals surface area (Å²) in [5.74, 6) is 0.156. The van der Waals surface area contributed by atoms with Crippen molar-refractivity contribution < 1.29 is 12.8 Å². The number of hydrogen-bond acceptors (Lipinski definition) is 7. The maximum absolute atomic E-state index is 12.5. The number of aromatic nitrogens is 5. The van der Waals surface area contributed by atoms with Crippen molar-refractivity contribution in [2.45, 2.75) is 37.8 Å². The minimum Gasteiger partial charge on any atom is -0.444 e. The Morgan fingerprint density at radius 3 is 2.88 bits per heavy atom. The molecule has 0 aliphatic carbocycles. The van der Waals surface area contributed by atoms with Gasteiger partial charge in [-0.05, 0) is 35.0 Å². The van der Waals surface area contributed by atoms with Crippen molar-refractivity contribution in [1.29, 1.82) is 0 Å². The van der Waals surface area contributed by atoms with Crippen molar-refractivity contribution in [1.82, 2.24) is 25.2 Å². The van der Waals surface area contributed by atoms with Gasteiger partial charge in [0.05, 0.1) is 11.4 Å². The first-order valence-electron chi connectivity index (χ1n) is 8.12. The molecule has 1 aromatic carbocycles. The van der Waals surface area contributed by atoms with E-state index in [1.807, 2.05) is 6.92 Å². The average Bonchev–Trinajstić information content (AvgIpc) is 3.21. The van der Waals surface area contributed by atoms with Gasteiger partial charge in [-0.3, -0.25) is 0 Å². The van der Waals surface area contributed by atoms with Crippen LogP contribution in [0, 0.1) is 0 Å². The van der Waals surface area contributed by atoms with Crippen LogP contribution in [0.2, 0.25) is 5.02 Å². The van der Waals surface area contributed by atoms with Crippen LogP contribution in [0.3, 0.4) is 0 Å². The molecule has 10 heteroatoms. The van der Waals surface area contributed by atoms with Gasteiger partial charge in [0, 0.05) is 17.1 Å². The zero-order chi connectivity index (χ0) is 18.6. The van der Waals surface area contributed by atoms with Crippen LogP contribution in [0.4, 0.5) is 0 Å². The number of unbranched alkanes of at least 4 members (excludes halogenated alkanes) is 1. The van der Waals surface area contributed by atoms with Crippen LogP contribution in [-0.2, 0) is 27.9 Å². The van der Waals surface area contributed by atoms with Crippen LogP contribution < -0.4 is 0 Å². The smallest absolute Gasteiger partial charge is 0.226 e. The van der Waals surface area contributed by atoms with Gasteiger partial charge in [-0.1, -0.05) is 31.0 Å². The number of hydrogen-bond donors (Lipinski definition) is 0. The summed E-state index contributed by atoms with van der Waals surface area (Å²) < 4.78 is 31.9. The summed E-state index contributed by atoms with van der Waals surface area (Å²) >= 11 is 5.95. The summed E-state index contributed by atoms with van der Waals surface area (Å²) in [5, 5.41) is 11.8. The highest BCUT2D eigenvalue weighted by Crippen LogP contribution is 2.23. The van der Waals surface area contributed by atoms with E-state index in [4.69, 9.17) is 16.0 Å². The molecule has 0 unspecified atom stereocenters. The highest BCUT2D eigenvalue weighted by atomic mass is 35.5. The Balaban J connectivity index is 1.71. The van der Waals surface area contributed by atoms with Crippen molar-refractivity contribution in [2.24, 2.45) is 0 Å². The number of aryl methyl sites for hydroxylation is 1. The van der Waals surface area contributed by atoms with Gasteiger partial charge in [0.25, 0.3) is 0 Å². The van der Waals surface area contributed by atoms with Gasteiger partial charge in [0.1, 0.15) is 12.0 Å². The lowest BCUT2D eigenvalue weighted by Gasteiger charge is -2.04. The summed E-state index contributed by atoms with van der Waals surface area (Å²) in [4.78, 5) is 4.25. The van der Waals surface area contributed by atoms with Crippen LogP contribution in [-0.4, -0.2) is 33.6 Å². The maximum Gasteiger partial charge on any atom is 0.226 e. The standard InChI is InChI=1S/C16H18ClN5O3S/c1-2-3-7-22-15(19-20-21-22)11-26(23,24)10-14-9-25-16(18-14)12-5-4-6-13(17)8-12/h4-6,8-9H,2-3,7,10-11H2,1H3.